The molecule has 1 aliphatic heterocycles. The van der Waals surface area contributed by atoms with Gasteiger partial charge in [0.1, 0.15) is 11.5 Å². The van der Waals surface area contributed by atoms with Crippen LogP contribution in [0.2, 0.25) is 0 Å². The van der Waals surface area contributed by atoms with Crippen molar-refractivity contribution in [3.8, 4) is 0 Å². The Morgan fingerprint density at radius 2 is 1.71 bits per heavy atom. The molecule has 1 saturated heterocycles. The Morgan fingerprint density at radius 3 is 2.38 bits per heavy atom. The highest BCUT2D eigenvalue weighted by molar-refractivity contribution is 7.97. The van der Waals surface area contributed by atoms with Crippen molar-refractivity contribution in [2.24, 2.45) is 0 Å². The molecule has 0 spiro atoms. The minimum absolute atomic E-state index is 0.241. The summed E-state index contributed by atoms with van der Waals surface area (Å²) < 4.78 is 5.37. The van der Waals surface area contributed by atoms with Crippen LogP contribution >= 0.6 is 0 Å². The molecule has 0 atom stereocenters. The fourth-order valence-corrected chi connectivity index (χ4v) is 5.09. The molecule has 1 aliphatic carbocycles. The van der Waals surface area contributed by atoms with Gasteiger partial charge in [0.05, 0.1) is 13.2 Å². The third-order valence-electron chi connectivity index (χ3n) is 4.68. The fourth-order valence-electron chi connectivity index (χ4n) is 3.35. The number of carbonyl (C=O) groups is 1. The Balaban J connectivity index is 1.58. The first-order chi connectivity index (χ1) is 10.3. The minimum atomic E-state index is 0.241. The van der Waals surface area contributed by atoms with E-state index in [2.05, 4.69) is 24.3 Å². The average Bonchev–Trinajstić information content (AvgIpc) is 2.57. The van der Waals surface area contributed by atoms with Crippen LogP contribution in [0.4, 0.5) is 0 Å². The van der Waals surface area contributed by atoms with Crippen molar-refractivity contribution >= 4 is 16.7 Å². The number of benzene rings is 1. The summed E-state index contributed by atoms with van der Waals surface area (Å²) >= 11 is 0. The van der Waals surface area contributed by atoms with Gasteiger partial charge in [0.15, 0.2) is 5.75 Å². The lowest BCUT2D eigenvalue weighted by molar-refractivity contribution is 0.102. The Morgan fingerprint density at radius 1 is 1.05 bits per heavy atom. The van der Waals surface area contributed by atoms with Gasteiger partial charge < -0.3 is 4.74 Å². The Labute approximate surface area is 130 Å². The van der Waals surface area contributed by atoms with Crippen LogP contribution in [0.15, 0.2) is 24.3 Å². The van der Waals surface area contributed by atoms with Gasteiger partial charge in [-0.1, -0.05) is 43.5 Å². The van der Waals surface area contributed by atoms with Gasteiger partial charge in [0.2, 0.25) is 5.78 Å². The van der Waals surface area contributed by atoms with Gasteiger partial charge in [-0.05, 0) is 24.3 Å². The number of ether oxygens (including phenoxy) is 1. The second-order valence-corrected chi connectivity index (χ2v) is 8.49. The highest BCUT2D eigenvalue weighted by Gasteiger charge is 2.26. The number of rotatable bonds is 4. The number of carbonyl (C=O) groups excluding carboxylic acids is 1. The predicted molar refractivity (Wildman–Crippen MR) is 89.4 cm³/mol. The molecule has 0 amide bonds. The van der Waals surface area contributed by atoms with E-state index in [9.17, 15) is 4.79 Å². The quantitative estimate of drug-likeness (QED) is 0.628. The Kier molecular flexibility index (Phi) is 5.37. The molecule has 0 unspecified atom stereocenters. The van der Waals surface area contributed by atoms with E-state index in [1.807, 2.05) is 0 Å². The van der Waals surface area contributed by atoms with Crippen molar-refractivity contribution < 1.29 is 9.53 Å². The molecule has 3 heteroatoms. The zero-order chi connectivity index (χ0) is 14.5. The van der Waals surface area contributed by atoms with E-state index < -0.39 is 0 Å². The second kappa shape index (κ2) is 7.46. The molecular weight excluding hydrogens is 280 g/mol. The fraction of sp³-hybridized carbons (Fsp3) is 0.611. The van der Waals surface area contributed by atoms with Crippen LogP contribution in [0.5, 0.6) is 0 Å². The zero-order valence-electron chi connectivity index (χ0n) is 12.7. The van der Waals surface area contributed by atoms with Crippen molar-refractivity contribution in [1.29, 1.82) is 0 Å². The number of Topliss-reactive ketones (excluding diaryl/α,β-unsaturated/α-hetero) is 1. The van der Waals surface area contributed by atoms with E-state index in [1.165, 1.54) is 37.7 Å². The lowest BCUT2D eigenvalue weighted by Crippen LogP contribution is -2.31. The summed E-state index contributed by atoms with van der Waals surface area (Å²) in [7, 11) is 0.241. The molecule has 0 N–H and O–H groups in total. The first-order valence-electron chi connectivity index (χ1n) is 8.18. The summed E-state index contributed by atoms with van der Waals surface area (Å²) in [5.74, 6) is 3.87. The van der Waals surface area contributed by atoms with Crippen LogP contribution in [0.25, 0.3) is 0 Å². The van der Waals surface area contributed by atoms with Crippen molar-refractivity contribution in [2.75, 3.05) is 30.5 Å². The summed E-state index contributed by atoms with van der Waals surface area (Å²) in [6.07, 6.45) is 6.74. The van der Waals surface area contributed by atoms with Crippen molar-refractivity contribution in [3.05, 3.63) is 35.4 Å². The largest absolute Gasteiger partial charge is 0.372 e. The maximum absolute atomic E-state index is 12.4. The summed E-state index contributed by atoms with van der Waals surface area (Å²) in [6.45, 7) is 1.66. The third-order valence-corrected chi connectivity index (χ3v) is 6.84. The van der Waals surface area contributed by atoms with Crippen LogP contribution in [0.3, 0.4) is 0 Å². The predicted octanol–water partition coefficient (Wildman–Crippen LogP) is 3.57. The lowest BCUT2D eigenvalue weighted by atomic mass is 9.84. The van der Waals surface area contributed by atoms with E-state index in [4.69, 9.17) is 4.74 Å². The molecule has 1 saturated carbocycles. The molecule has 2 nitrogen and oxygen atoms in total. The first kappa shape index (κ1) is 15.1. The zero-order valence-corrected chi connectivity index (χ0v) is 13.5. The van der Waals surface area contributed by atoms with E-state index in [1.54, 1.807) is 0 Å². The Bertz CT molecular complexity index is 457. The molecule has 114 valence electrons. The first-order valence-corrected chi connectivity index (χ1v) is 9.91. The van der Waals surface area contributed by atoms with Crippen LogP contribution in [-0.4, -0.2) is 36.3 Å². The van der Waals surface area contributed by atoms with Crippen molar-refractivity contribution in [1.82, 2.24) is 0 Å². The monoisotopic (exact) mass is 305 g/mol. The molecule has 1 aromatic carbocycles. The highest BCUT2D eigenvalue weighted by atomic mass is 32.2. The van der Waals surface area contributed by atoms with Crippen molar-refractivity contribution in [3.63, 3.8) is 0 Å². The van der Waals surface area contributed by atoms with Crippen LogP contribution < -0.4 is 0 Å². The number of ketones is 1. The van der Waals surface area contributed by atoms with Gasteiger partial charge in [-0.15, -0.1) is 0 Å². The Hall–Kier alpha value is -0.800. The van der Waals surface area contributed by atoms with Crippen molar-refractivity contribution in [2.45, 2.75) is 38.0 Å². The number of hydrogen-bond donors (Lipinski definition) is 0. The molecule has 21 heavy (non-hydrogen) atoms. The number of hydrogen-bond acceptors (Lipinski definition) is 2. The average molecular weight is 305 g/mol. The van der Waals surface area contributed by atoms with Crippen LogP contribution in [0.1, 0.15) is 53.9 Å². The van der Waals surface area contributed by atoms with E-state index in [-0.39, 0.29) is 10.9 Å². The maximum atomic E-state index is 12.4. The van der Waals surface area contributed by atoms with E-state index in [0.717, 1.165) is 36.2 Å². The smallest absolute Gasteiger partial charge is 0.211 e. The molecule has 0 radical (unpaired) electrons. The lowest BCUT2D eigenvalue weighted by Gasteiger charge is -2.22. The molecule has 1 heterocycles. The van der Waals surface area contributed by atoms with E-state index in [0.29, 0.717) is 11.5 Å². The molecule has 3 rings (SSSR count). The summed E-state index contributed by atoms with van der Waals surface area (Å²) in [5.41, 5.74) is 2.33. The van der Waals surface area contributed by atoms with Gasteiger partial charge in [-0.25, -0.2) is 0 Å². The van der Waals surface area contributed by atoms with Gasteiger partial charge in [0, 0.05) is 16.5 Å². The van der Waals surface area contributed by atoms with Gasteiger partial charge in [-0.2, -0.15) is 0 Å². The van der Waals surface area contributed by atoms with Gasteiger partial charge in [0.25, 0.3) is 0 Å². The topological polar surface area (TPSA) is 26.3 Å². The molecule has 2 fully saturated rings. The van der Waals surface area contributed by atoms with Gasteiger partial charge in [-0.3, -0.25) is 4.79 Å². The molecule has 0 bridgehead atoms. The molecule has 2 aliphatic rings. The standard InChI is InChI=1S/C18H25O2S/c19-18(14-21-12-10-20-11-13-21)17-8-6-16(7-9-17)15-4-2-1-3-5-15/h6-9,15H,1-5,10-14H2/q+1. The maximum Gasteiger partial charge on any atom is 0.211 e. The van der Waals surface area contributed by atoms with Crippen LogP contribution in [-0.2, 0) is 15.6 Å². The second-order valence-electron chi connectivity index (χ2n) is 6.16. The molecule has 1 aromatic rings. The summed E-state index contributed by atoms with van der Waals surface area (Å²) in [5, 5.41) is 0. The van der Waals surface area contributed by atoms with Gasteiger partial charge >= 0.3 is 0 Å². The van der Waals surface area contributed by atoms with E-state index >= 15 is 0 Å². The van der Waals surface area contributed by atoms with Crippen LogP contribution in [0, 0.1) is 0 Å². The SMILES string of the molecule is O=C(C[S+]1CCOCC1)c1ccc(C2CCCCC2)cc1. The normalized spacial score (nSPS) is 21.3. The minimum Gasteiger partial charge on any atom is -0.372 e. The summed E-state index contributed by atoms with van der Waals surface area (Å²) in [6, 6.07) is 8.48. The third kappa shape index (κ3) is 4.10. The molecular formula is C18H25O2S+. The summed E-state index contributed by atoms with van der Waals surface area (Å²) in [4.78, 5) is 12.4. The molecule has 0 aromatic heterocycles. The highest BCUT2D eigenvalue weighted by Crippen LogP contribution is 2.32.